The number of pyridine rings is 1. The van der Waals surface area contributed by atoms with Crippen molar-refractivity contribution in [3.8, 4) is 32.5 Å². The van der Waals surface area contributed by atoms with Crippen molar-refractivity contribution in [2.45, 2.75) is 38.6 Å². The van der Waals surface area contributed by atoms with Crippen LogP contribution in [-0.4, -0.2) is 14.5 Å². The molecule has 0 amide bonds. The number of aryl methyl sites for hydroxylation is 1. The zero-order valence-corrected chi connectivity index (χ0v) is 16.7. The molecule has 136 valence electrons. The van der Waals surface area contributed by atoms with Crippen molar-refractivity contribution < 1.29 is 0 Å². The molecule has 0 atom stereocenters. The molecular formula is C22H21N3S2. The van der Waals surface area contributed by atoms with Crippen LogP contribution in [0.15, 0.2) is 48.2 Å². The van der Waals surface area contributed by atoms with Crippen molar-refractivity contribution in [3.05, 3.63) is 48.2 Å². The molecule has 0 N–H and O–H groups in total. The van der Waals surface area contributed by atoms with Crippen LogP contribution in [0.5, 0.6) is 0 Å². The van der Waals surface area contributed by atoms with Gasteiger partial charge in [0.2, 0.25) is 0 Å². The van der Waals surface area contributed by atoms with E-state index >= 15 is 0 Å². The number of terminal acetylenes is 1. The van der Waals surface area contributed by atoms with Crippen LogP contribution in [-0.2, 0) is 6.54 Å². The summed E-state index contributed by atoms with van der Waals surface area (Å²) in [5, 5.41) is 2.12. The topological polar surface area (TPSA) is 30.7 Å². The van der Waals surface area contributed by atoms with E-state index in [2.05, 4.69) is 56.2 Å². The first-order valence-electron chi connectivity index (χ1n) is 9.24. The zero-order valence-electron chi connectivity index (χ0n) is 15.1. The summed E-state index contributed by atoms with van der Waals surface area (Å²) in [6.45, 7) is 0.952. The Labute approximate surface area is 167 Å². The third-order valence-corrected chi connectivity index (χ3v) is 6.79. The number of hydrogen-bond acceptors (Lipinski definition) is 4. The van der Waals surface area contributed by atoms with Gasteiger partial charge in [-0.2, -0.15) is 0 Å². The van der Waals surface area contributed by atoms with Crippen molar-refractivity contribution in [1.82, 2.24) is 14.5 Å². The molecule has 4 rings (SSSR count). The molecule has 0 bridgehead atoms. The molecule has 4 heterocycles. The minimum atomic E-state index is 0.882. The number of aromatic nitrogens is 3. The molecule has 3 nitrogen and oxygen atoms in total. The van der Waals surface area contributed by atoms with E-state index in [-0.39, 0.29) is 0 Å². The maximum absolute atomic E-state index is 5.30. The summed E-state index contributed by atoms with van der Waals surface area (Å²) in [6, 6.07) is 10.7. The summed E-state index contributed by atoms with van der Waals surface area (Å²) in [5.41, 5.74) is 3.13. The molecule has 4 aromatic rings. The second kappa shape index (κ2) is 8.51. The number of thiophene rings is 2. The van der Waals surface area contributed by atoms with Crippen LogP contribution in [0, 0.1) is 12.3 Å². The molecule has 0 aliphatic rings. The highest BCUT2D eigenvalue weighted by Crippen LogP contribution is 2.38. The molecule has 0 fully saturated rings. The lowest BCUT2D eigenvalue weighted by molar-refractivity contribution is 0.582. The summed E-state index contributed by atoms with van der Waals surface area (Å²) in [4.78, 5) is 13.1. The van der Waals surface area contributed by atoms with Crippen LogP contribution in [0.3, 0.4) is 0 Å². The average Bonchev–Trinajstić information content (AvgIpc) is 3.44. The van der Waals surface area contributed by atoms with Gasteiger partial charge in [0.15, 0.2) is 5.65 Å². The highest BCUT2D eigenvalue weighted by Gasteiger charge is 2.13. The predicted molar refractivity (Wildman–Crippen MR) is 116 cm³/mol. The first-order chi connectivity index (χ1) is 13.4. The van der Waals surface area contributed by atoms with Crippen LogP contribution in [0.4, 0.5) is 0 Å². The van der Waals surface area contributed by atoms with Crippen LogP contribution in [0.2, 0.25) is 0 Å². The summed E-state index contributed by atoms with van der Waals surface area (Å²) in [6.07, 6.45) is 14.6. The molecule has 0 aromatic carbocycles. The van der Waals surface area contributed by atoms with Gasteiger partial charge in [0, 0.05) is 39.4 Å². The summed E-state index contributed by atoms with van der Waals surface area (Å²) >= 11 is 3.59. The SMILES string of the molecule is C#CCCCCCCn1cnc2c(-c3ccc(-c4cccs4)s3)ccnc21. The molecule has 4 aromatic heterocycles. The molecule has 0 unspecified atom stereocenters. The maximum Gasteiger partial charge on any atom is 0.160 e. The normalized spacial score (nSPS) is 11.1. The Morgan fingerprint density at radius 1 is 0.963 bits per heavy atom. The van der Waals surface area contributed by atoms with Gasteiger partial charge in [-0.1, -0.05) is 18.9 Å². The molecule has 0 saturated carbocycles. The van der Waals surface area contributed by atoms with Gasteiger partial charge in [0.25, 0.3) is 0 Å². The highest BCUT2D eigenvalue weighted by atomic mass is 32.1. The fraction of sp³-hybridized carbons (Fsp3) is 0.273. The number of hydrogen-bond donors (Lipinski definition) is 0. The molecule has 0 saturated heterocycles. The minimum absolute atomic E-state index is 0.882. The van der Waals surface area contributed by atoms with E-state index in [1.54, 1.807) is 11.3 Å². The van der Waals surface area contributed by atoms with Crippen LogP contribution < -0.4 is 0 Å². The number of unbranched alkanes of at least 4 members (excludes halogenated alkanes) is 4. The third-order valence-electron chi connectivity index (χ3n) is 4.61. The fourth-order valence-corrected chi connectivity index (χ4v) is 5.09. The van der Waals surface area contributed by atoms with Gasteiger partial charge in [-0.15, -0.1) is 35.0 Å². The van der Waals surface area contributed by atoms with E-state index in [9.17, 15) is 0 Å². The van der Waals surface area contributed by atoms with Gasteiger partial charge in [-0.3, -0.25) is 0 Å². The summed E-state index contributed by atoms with van der Waals surface area (Å²) < 4.78 is 2.17. The van der Waals surface area contributed by atoms with Gasteiger partial charge in [-0.05, 0) is 42.5 Å². The highest BCUT2D eigenvalue weighted by molar-refractivity contribution is 7.23. The summed E-state index contributed by atoms with van der Waals surface area (Å²) in [7, 11) is 0. The lowest BCUT2D eigenvalue weighted by Gasteiger charge is -2.04. The molecule has 5 heteroatoms. The van der Waals surface area contributed by atoms with Gasteiger partial charge in [0.1, 0.15) is 5.52 Å². The molecule has 0 aliphatic carbocycles. The molecule has 27 heavy (non-hydrogen) atoms. The predicted octanol–water partition coefficient (Wildman–Crippen LogP) is 6.47. The van der Waals surface area contributed by atoms with Crippen molar-refractivity contribution in [3.63, 3.8) is 0 Å². The minimum Gasteiger partial charge on any atom is -0.315 e. The van der Waals surface area contributed by atoms with Crippen LogP contribution in [0.25, 0.3) is 31.4 Å². The number of nitrogens with zero attached hydrogens (tertiary/aromatic N) is 3. The quantitative estimate of drug-likeness (QED) is 0.254. The Hall–Kier alpha value is -2.42. The van der Waals surface area contributed by atoms with E-state index in [1.165, 1.54) is 33.0 Å². The van der Waals surface area contributed by atoms with Crippen molar-refractivity contribution >= 4 is 33.8 Å². The standard InChI is InChI=1S/C22H21N3S2/c1-2-3-4-5-6-7-14-25-16-24-21-17(12-13-23-22(21)25)18-10-11-20(27-18)19-9-8-15-26-19/h1,8-13,15-16H,3-7,14H2. The average molecular weight is 392 g/mol. The van der Waals surface area contributed by atoms with E-state index in [1.807, 2.05) is 23.9 Å². The van der Waals surface area contributed by atoms with E-state index in [0.717, 1.165) is 37.0 Å². The van der Waals surface area contributed by atoms with Gasteiger partial charge >= 0.3 is 0 Å². The number of rotatable bonds is 8. The maximum atomic E-state index is 5.30. The van der Waals surface area contributed by atoms with E-state index in [0.29, 0.717) is 0 Å². The largest absolute Gasteiger partial charge is 0.315 e. The van der Waals surface area contributed by atoms with Crippen molar-refractivity contribution in [2.24, 2.45) is 0 Å². The Balaban J connectivity index is 1.52. The number of imidazole rings is 1. The lowest BCUT2D eigenvalue weighted by atomic mass is 10.1. The second-order valence-corrected chi connectivity index (χ2v) is 8.51. The van der Waals surface area contributed by atoms with Gasteiger partial charge in [0.05, 0.1) is 6.33 Å². The first kappa shape index (κ1) is 18.0. The Morgan fingerprint density at radius 3 is 2.70 bits per heavy atom. The smallest absolute Gasteiger partial charge is 0.160 e. The molecular weight excluding hydrogens is 370 g/mol. The lowest BCUT2D eigenvalue weighted by Crippen LogP contribution is -1.97. The molecule has 0 aliphatic heterocycles. The second-order valence-electron chi connectivity index (χ2n) is 6.48. The van der Waals surface area contributed by atoms with E-state index < -0.39 is 0 Å². The Morgan fingerprint density at radius 2 is 1.85 bits per heavy atom. The van der Waals surface area contributed by atoms with Crippen LogP contribution >= 0.6 is 22.7 Å². The number of fused-ring (bicyclic) bond motifs is 1. The zero-order chi connectivity index (χ0) is 18.5. The monoisotopic (exact) mass is 391 g/mol. The fourth-order valence-electron chi connectivity index (χ4n) is 3.22. The van der Waals surface area contributed by atoms with E-state index in [4.69, 9.17) is 6.42 Å². The van der Waals surface area contributed by atoms with Crippen LogP contribution in [0.1, 0.15) is 32.1 Å². The van der Waals surface area contributed by atoms with Crippen molar-refractivity contribution in [2.75, 3.05) is 0 Å². The molecule has 0 radical (unpaired) electrons. The van der Waals surface area contributed by atoms with Crippen molar-refractivity contribution in [1.29, 1.82) is 0 Å². The third kappa shape index (κ3) is 3.97. The summed E-state index contributed by atoms with van der Waals surface area (Å²) in [5.74, 6) is 2.71. The molecule has 0 spiro atoms. The Bertz CT molecular complexity index is 1050. The van der Waals surface area contributed by atoms with Gasteiger partial charge in [-0.25, -0.2) is 9.97 Å². The van der Waals surface area contributed by atoms with Gasteiger partial charge < -0.3 is 4.57 Å². The Kier molecular flexibility index (Phi) is 5.66. The first-order valence-corrected chi connectivity index (χ1v) is 10.9.